The number of amides is 1. The standard InChI is InChI=1S/C23H19F5N4O4S/c1-2-37(34,35)17-10-14(36-18-5-3-4-8-29-18)11-31-20(17)15-9-13-6-7-19(33)32(16(13)12-30-15)22(26)23(27,28)21(24)25/h3-5,8-12,21-22H,2,6-7H2,1H3. The maximum atomic E-state index is 14.5. The van der Waals surface area contributed by atoms with Gasteiger partial charge in [0, 0.05) is 24.8 Å². The van der Waals surface area contributed by atoms with Gasteiger partial charge in [0.2, 0.25) is 18.1 Å². The van der Waals surface area contributed by atoms with Crippen LogP contribution in [-0.4, -0.2) is 53.7 Å². The Morgan fingerprint density at radius 3 is 2.49 bits per heavy atom. The van der Waals surface area contributed by atoms with Crippen LogP contribution < -0.4 is 9.64 Å². The maximum absolute atomic E-state index is 14.5. The largest absolute Gasteiger partial charge is 0.437 e. The lowest BCUT2D eigenvalue weighted by atomic mass is 10.0. The zero-order valence-corrected chi connectivity index (χ0v) is 19.9. The molecule has 0 aromatic carbocycles. The number of fused-ring (bicyclic) bond motifs is 1. The highest BCUT2D eigenvalue weighted by molar-refractivity contribution is 7.91. The summed E-state index contributed by atoms with van der Waals surface area (Å²) in [5.74, 6) is -6.27. The molecule has 1 amide bonds. The average Bonchev–Trinajstić information content (AvgIpc) is 2.88. The molecule has 14 heteroatoms. The number of aromatic nitrogens is 3. The topological polar surface area (TPSA) is 102 Å². The normalized spacial score (nSPS) is 15.0. The minimum Gasteiger partial charge on any atom is -0.437 e. The van der Waals surface area contributed by atoms with E-state index >= 15 is 0 Å². The lowest BCUT2D eigenvalue weighted by molar-refractivity contribution is -0.173. The monoisotopic (exact) mass is 542 g/mol. The number of nitrogens with zero attached hydrogens (tertiary/aromatic N) is 4. The Labute approximate surface area is 208 Å². The van der Waals surface area contributed by atoms with Gasteiger partial charge in [0.15, 0.2) is 9.84 Å². The van der Waals surface area contributed by atoms with Crippen molar-refractivity contribution < 1.29 is 39.9 Å². The van der Waals surface area contributed by atoms with E-state index in [4.69, 9.17) is 4.74 Å². The number of halogens is 5. The summed E-state index contributed by atoms with van der Waals surface area (Å²) in [5.41, 5.74) is -0.396. The molecule has 0 fully saturated rings. The first-order valence-corrected chi connectivity index (χ1v) is 12.5. The second-order valence-electron chi connectivity index (χ2n) is 7.96. The lowest BCUT2D eigenvalue weighted by Crippen LogP contribution is -2.53. The number of rotatable bonds is 8. The number of pyridine rings is 3. The van der Waals surface area contributed by atoms with Crippen LogP contribution in [0.2, 0.25) is 0 Å². The first kappa shape index (κ1) is 26.4. The number of sulfone groups is 1. The van der Waals surface area contributed by atoms with Gasteiger partial charge in [-0.1, -0.05) is 13.0 Å². The number of alkyl halides is 5. The van der Waals surface area contributed by atoms with E-state index in [1.54, 1.807) is 18.2 Å². The summed E-state index contributed by atoms with van der Waals surface area (Å²) < 4.78 is 98.7. The third kappa shape index (κ3) is 5.10. The Hall–Kier alpha value is -3.68. The summed E-state index contributed by atoms with van der Waals surface area (Å²) in [6.45, 7) is 1.42. The third-order valence-corrected chi connectivity index (χ3v) is 7.32. The average molecular weight is 542 g/mol. The molecule has 0 aliphatic carbocycles. The molecule has 1 atom stereocenters. The van der Waals surface area contributed by atoms with Crippen molar-refractivity contribution in [2.75, 3.05) is 10.7 Å². The van der Waals surface area contributed by atoms with Crippen LogP contribution in [0.1, 0.15) is 18.9 Å². The highest BCUT2D eigenvalue weighted by atomic mass is 32.2. The van der Waals surface area contributed by atoms with E-state index in [2.05, 4.69) is 15.0 Å². The minimum atomic E-state index is -5.11. The van der Waals surface area contributed by atoms with Gasteiger partial charge in [-0.15, -0.1) is 0 Å². The zero-order valence-electron chi connectivity index (χ0n) is 19.1. The molecule has 1 unspecified atom stereocenters. The number of aryl methyl sites for hydroxylation is 1. The quantitative estimate of drug-likeness (QED) is 0.303. The Balaban J connectivity index is 1.77. The van der Waals surface area contributed by atoms with E-state index in [0.717, 1.165) is 6.20 Å². The van der Waals surface area contributed by atoms with E-state index in [0.29, 0.717) is 0 Å². The molecule has 3 aromatic rings. The van der Waals surface area contributed by atoms with Gasteiger partial charge in [-0.3, -0.25) is 14.7 Å². The number of carbonyl (C=O) groups is 1. The van der Waals surface area contributed by atoms with Gasteiger partial charge in [-0.25, -0.2) is 31.6 Å². The summed E-state index contributed by atoms with van der Waals surface area (Å²) in [7, 11) is -3.88. The van der Waals surface area contributed by atoms with Gasteiger partial charge in [0.1, 0.15) is 11.4 Å². The highest BCUT2D eigenvalue weighted by Gasteiger charge is 2.54. The fourth-order valence-electron chi connectivity index (χ4n) is 3.65. The first-order chi connectivity index (χ1) is 17.5. The molecule has 8 nitrogen and oxygen atoms in total. The molecule has 1 aliphatic rings. The van der Waals surface area contributed by atoms with E-state index in [-0.39, 0.29) is 50.5 Å². The Morgan fingerprint density at radius 2 is 1.84 bits per heavy atom. The van der Waals surface area contributed by atoms with Crippen molar-refractivity contribution in [2.24, 2.45) is 0 Å². The molecule has 4 heterocycles. The predicted molar refractivity (Wildman–Crippen MR) is 121 cm³/mol. The van der Waals surface area contributed by atoms with Crippen LogP contribution in [0, 0.1) is 0 Å². The number of hydrogen-bond donors (Lipinski definition) is 0. The molecular formula is C23H19F5N4O4S. The highest BCUT2D eigenvalue weighted by Crippen LogP contribution is 2.39. The van der Waals surface area contributed by atoms with Crippen LogP contribution in [-0.2, 0) is 21.1 Å². The van der Waals surface area contributed by atoms with Crippen molar-refractivity contribution in [3.8, 4) is 23.0 Å². The van der Waals surface area contributed by atoms with Gasteiger partial charge in [-0.05, 0) is 24.1 Å². The van der Waals surface area contributed by atoms with Crippen LogP contribution >= 0.6 is 0 Å². The molecule has 4 rings (SSSR count). The number of hydrogen-bond acceptors (Lipinski definition) is 7. The van der Waals surface area contributed by atoms with Crippen molar-refractivity contribution in [1.29, 1.82) is 0 Å². The molecule has 0 N–H and O–H groups in total. The van der Waals surface area contributed by atoms with E-state index in [1.165, 1.54) is 31.5 Å². The SMILES string of the molecule is CCS(=O)(=O)c1cc(Oc2ccccn2)cnc1-c1cc2c(cn1)N(C(F)C(F)(F)C(F)F)C(=O)CC2. The third-order valence-electron chi connectivity index (χ3n) is 5.58. The Bertz CT molecular complexity index is 1420. The second-order valence-corrected chi connectivity index (χ2v) is 10.2. The van der Waals surface area contributed by atoms with Gasteiger partial charge in [-0.2, -0.15) is 8.78 Å². The predicted octanol–water partition coefficient (Wildman–Crippen LogP) is 4.60. The van der Waals surface area contributed by atoms with Crippen LogP contribution in [0.15, 0.2) is 53.8 Å². The Morgan fingerprint density at radius 1 is 1.08 bits per heavy atom. The van der Waals surface area contributed by atoms with E-state index < -0.39 is 46.5 Å². The summed E-state index contributed by atoms with van der Waals surface area (Å²) in [4.78, 5) is 24.1. The van der Waals surface area contributed by atoms with Gasteiger partial charge in [0.25, 0.3) is 0 Å². The fourth-order valence-corrected chi connectivity index (χ4v) is 4.71. The van der Waals surface area contributed by atoms with Crippen molar-refractivity contribution in [3.63, 3.8) is 0 Å². The smallest absolute Gasteiger partial charge is 0.356 e. The van der Waals surface area contributed by atoms with Crippen LogP contribution in [0.3, 0.4) is 0 Å². The fraction of sp³-hybridized carbons (Fsp3) is 0.304. The Kier molecular flexibility index (Phi) is 7.13. The van der Waals surface area contributed by atoms with Crippen LogP contribution in [0.5, 0.6) is 11.6 Å². The van der Waals surface area contributed by atoms with Crippen LogP contribution in [0.4, 0.5) is 27.6 Å². The number of carbonyl (C=O) groups excluding carboxylic acids is 1. The molecule has 0 radical (unpaired) electrons. The van der Waals surface area contributed by atoms with Gasteiger partial charge in [0.05, 0.1) is 34.4 Å². The van der Waals surface area contributed by atoms with Crippen molar-refractivity contribution >= 4 is 21.4 Å². The molecule has 196 valence electrons. The van der Waals surface area contributed by atoms with Gasteiger partial charge < -0.3 is 4.74 Å². The zero-order chi connectivity index (χ0) is 27.0. The van der Waals surface area contributed by atoms with Crippen LogP contribution in [0.25, 0.3) is 11.4 Å². The van der Waals surface area contributed by atoms with Crippen molar-refractivity contribution in [3.05, 3.63) is 54.5 Å². The molecule has 3 aromatic heterocycles. The van der Waals surface area contributed by atoms with Gasteiger partial charge >= 0.3 is 12.3 Å². The molecule has 0 bridgehead atoms. The summed E-state index contributed by atoms with van der Waals surface area (Å²) in [5, 5.41) is 0. The van der Waals surface area contributed by atoms with E-state index in [9.17, 15) is 35.2 Å². The second kappa shape index (κ2) is 10.00. The minimum absolute atomic E-state index is 0.0134. The molecule has 1 aliphatic heterocycles. The summed E-state index contributed by atoms with van der Waals surface area (Å²) >= 11 is 0. The summed E-state index contributed by atoms with van der Waals surface area (Å²) in [6.07, 6.45) is -4.86. The molecule has 0 saturated heterocycles. The maximum Gasteiger partial charge on any atom is 0.356 e. The molecule has 37 heavy (non-hydrogen) atoms. The number of ether oxygens (including phenoxy) is 1. The van der Waals surface area contributed by atoms with Crippen molar-refractivity contribution in [2.45, 2.75) is 43.3 Å². The molecular weight excluding hydrogens is 523 g/mol. The van der Waals surface area contributed by atoms with Crippen molar-refractivity contribution in [1.82, 2.24) is 15.0 Å². The molecule has 0 saturated carbocycles. The lowest BCUT2D eigenvalue weighted by Gasteiger charge is -2.34. The molecule has 0 spiro atoms. The summed E-state index contributed by atoms with van der Waals surface area (Å²) in [6, 6.07) is 7.37. The van der Waals surface area contributed by atoms with E-state index in [1.807, 2.05) is 0 Å². The first-order valence-electron chi connectivity index (χ1n) is 10.9. The number of anilines is 1.